The van der Waals surface area contributed by atoms with Crippen LogP contribution in [-0.4, -0.2) is 7.05 Å². The van der Waals surface area contributed by atoms with Gasteiger partial charge in [0.15, 0.2) is 0 Å². The minimum absolute atomic E-state index is 0.0112. The fourth-order valence-corrected chi connectivity index (χ4v) is 1.74. The summed E-state index contributed by atoms with van der Waals surface area (Å²) in [6.45, 7) is 4.24. The Kier molecular flexibility index (Phi) is 4.42. The van der Waals surface area contributed by atoms with Crippen LogP contribution in [-0.2, 0) is 12.5 Å². The number of nitrogens with one attached hydrogen (secondary N) is 1. The summed E-state index contributed by atoms with van der Waals surface area (Å²) in [4.78, 5) is 0. The highest BCUT2D eigenvalue weighted by atomic mass is 19.3. The van der Waals surface area contributed by atoms with Crippen LogP contribution in [0.2, 0.25) is 0 Å². The molecular weight excluding hydrogens is 208 g/mol. The van der Waals surface area contributed by atoms with Gasteiger partial charge in [-0.25, -0.2) is 8.78 Å². The van der Waals surface area contributed by atoms with Crippen LogP contribution in [0.25, 0.3) is 0 Å². The van der Waals surface area contributed by atoms with E-state index in [-0.39, 0.29) is 17.9 Å². The predicted molar refractivity (Wildman–Crippen MR) is 62.6 cm³/mol. The number of alkyl halides is 2. The Balaban J connectivity index is 2.89. The van der Waals surface area contributed by atoms with Crippen LogP contribution < -0.4 is 5.32 Å². The molecule has 0 unspecified atom stereocenters. The van der Waals surface area contributed by atoms with Gasteiger partial charge in [-0.1, -0.05) is 32.0 Å². The van der Waals surface area contributed by atoms with Gasteiger partial charge in [0.1, 0.15) is 0 Å². The van der Waals surface area contributed by atoms with Gasteiger partial charge < -0.3 is 5.32 Å². The quantitative estimate of drug-likeness (QED) is 0.811. The second-order valence-electron chi connectivity index (χ2n) is 4.53. The summed E-state index contributed by atoms with van der Waals surface area (Å²) in [6.07, 6.45) is -0.101. The molecule has 0 amide bonds. The van der Waals surface area contributed by atoms with Crippen LogP contribution in [0.1, 0.15) is 31.4 Å². The van der Waals surface area contributed by atoms with E-state index in [9.17, 15) is 8.78 Å². The fourth-order valence-electron chi connectivity index (χ4n) is 1.74. The summed E-state index contributed by atoms with van der Waals surface area (Å²) in [5.41, 5.74) is 1.01. The summed E-state index contributed by atoms with van der Waals surface area (Å²) < 4.78 is 27.6. The SMILES string of the molecule is CNCc1cccc(C(F)(F)CC(C)C)c1. The van der Waals surface area contributed by atoms with Gasteiger partial charge >= 0.3 is 0 Å². The summed E-state index contributed by atoms with van der Waals surface area (Å²) in [7, 11) is 1.80. The molecule has 0 radical (unpaired) electrons. The van der Waals surface area contributed by atoms with Crippen molar-refractivity contribution in [3.63, 3.8) is 0 Å². The van der Waals surface area contributed by atoms with E-state index in [1.54, 1.807) is 19.2 Å². The predicted octanol–water partition coefficient (Wildman–Crippen LogP) is 3.54. The summed E-state index contributed by atoms with van der Waals surface area (Å²) in [5, 5.41) is 2.96. The molecule has 0 aliphatic heterocycles. The molecule has 0 aliphatic carbocycles. The molecule has 0 fully saturated rings. The van der Waals surface area contributed by atoms with Crippen molar-refractivity contribution in [2.24, 2.45) is 5.92 Å². The molecule has 1 nitrogen and oxygen atoms in total. The van der Waals surface area contributed by atoms with Crippen LogP contribution in [0.3, 0.4) is 0 Å². The van der Waals surface area contributed by atoms with Crippen molar-refractivity contribution in [3.05, 3.63) is 35.4 Å². The highest BCUT2D eigenvalue weighted by Crippen LogP contribution is 2.34. The number of hydrogen-bond donors (Lipinski definition) is 1. The van der Waals surface area contributed by atoms with E-state index >= 15 is 0 Å². The lowest BCUT2D eigenvalue weighted by molar-refractivity contribution is -0.0250. The third-order valence-electron chi connectivity index (χ3n) is 2.39. The second kappa shape index (κ2) is 5.39. The van der Waals surface area contributed by atoms with Gasteiger partial charge in [0.2, 0.25) is 0 Å². The van der Waals surface area contributed by atoms with Gasteiger partial charge in [-0.2, -0.15) is 0 Å². The lowest BCUT2D eigenvalue weighted by Crippen LogP contribution is -2.17. The third-order valence-corrected chi connectivity index (χ3v) is 2.39. The number of halogens is 2. The Hall–Kier alpha value is -0.960. The molecule has 1 rings (SSSR count). The van der Waals surface area contributed by atoms with Crippen LogP contribution in [0.4, 0.5) is 8.78 Å². The highest BCUT2D eigenvalue weighted by Gasteiger charge is 2.32. The smallest absolute Gasteiger partial charge is 0.273 e. The van der Waals surface area contributed by atoms with E-state index in [1.165, 1.54) is 6.07 Å². The van der Waals surface area contributed by atoms with Crippen molar-refractivity contribution in [2.75, 3.05) is 7.05 Å². The van der Waals surface area contributed by atoms with Gasteiger partial charge in [0.05, 0.1) is 0 Å². The lowest BCUT2D eigenvalue weighted by atomic mass is 9.97. The maximum Gasteiger partial charge on any atom is 0.273 e. The number of hydrogen-bond acceptors (Lipinski definition) is 1. The van der Waals surface area contributed by atoms with E-state index in [1.807, 2.05) is 19.9 Å². The molecule has 0 saturated carbocycles. The van der Waals surface area contributed by atoms with Crippen molar-refractivity contribution in [3.8, 4) is 0 Å². The van der Waals surface area contributed by atoms with E-state index in [0.717, 1.165) is 5.56 Å². The Morgan fingerprint density at radius 1 is 1.31 bits per heavy atom. The van der Waals surface area contributed by atoms with Crippen LogP contribution in [0, 0.1) is 5.92 Å². The second-order valence-corrected chi connectivity index (χ2v) is 4.53. The van der Waals surface area contributed by atoms with Crippen molar-refractivity contribution in [2.45, 2.75) is 32.7 Å². The van der Waals surface area contributed by atoms with Crippen molar-refractivity contribution >= 4 is 0 Å². The Morgan fingerprint density at radius 3 is 2.56 bits per heavy atom. The maximum absolute atomic E-state index is 13.8. The first-order chi connectivity index (χ1) is 7.45. The van der Waals surface area contributed by atoms with Gasteiger partial charge in [0.25, 0.3) is 5.92 Å². The molecule has 1 aromatic rings. The third kappa shape index (κ3) is 3.56. The molecule has 0 heterocycles. The van der Waals surface area contributed by atoms with Crippen LogP contribution in [0.5, 0.6) is 0 Å². The molecular formula is C13H19F2N. The summed E-state index contributed by atoms with van der Waals surface area (Å²) in [6, 6.07) is 6.63. The van der Waals surface area contributed by atoms with Crippen molar-refractivity contribution in [1.82, 2.24) is 5.32 Å². The van der Waals surface area contributed by atoms with E-state index in [2.05, 4.69) is 5.32 Å². The van der Waals surface area contributed by atoms with E-state index in [4.69, 9.17) is 0 Å². The normalized spacial score (nSPS) is 12.1. The first-order valence-corrected chi connectivity index (χ1v) is 5.57. The molecule has 0 atom stereocenters. The monoisotopic (exact) mass is 227 g/mol. The summed E-state index contributed by atoms with van der Waals surface area (Å²) >= 11 is 0. The molecule has 0 aliphatic rings. The molecule has 0 aromatic heterocycles. The fraction of sp³-hybridized carbons (Fsp3) is 0.538. The van der Waals surface area contributed by atoms with Gasteiger partial charge in [0, 0.05) is 18.5 Å². The molecule has 90 valence electrons. The summed E-state index contributed by atoms with van der Waals surface area (Å²) in [5.74, 6) is -2.74. The van der Waals surface area contributed by atoms with Gasteiger partial charge in [-0.3, -0.25) is 0 Å². The van der Waals surface area contributed by atoms with Gasteiger partial charge in [-0.15, -0.1) is 0 Å². The Labute approximate surface area is 95.9 Å². The van der Waals surface area contributed by atoms with Crippen molar-refractivity contribution < 1.29 is 8.78 Å². The molecule has 0 saturated heterocycles. The molecule has 16 heavy (non-hydrogen) atoms. The highest BCUT2D eigenvalue weighted by molar-refractivity contribution is 5.26. The first kappa shape index (κ1) is 13.1. The maximum atomic E-state index is 13.8. The zero-order valence-corrected chi connectivity index (χ0v) is 10.1. The molecule has 1 aromatic carbocycles. The van der Waals surface area contributed by atoms with Crippen LogP contribution >= 0.6 is 0 Å². The Bertz CT molecular complexity index is 334. The molecule has 3 heteroatoms. The van der Waals surface area contributed by atoms with Crippen LogP contribution in [0.15, 0.2) is 24.3 Å². The topological polar surface area (TPSA) is 12.0 Å². The minimum atomic E-state index is -2.72. The molecule has 0 spiro atoms. The average Bonchev–Trinajstić information content (AvgIpc) is 2.16. The number of rotatable bonds is 5. The van der Waals surface area contributed by atoms with Crippen molar-refractivity contribution in [1.29, 1.82) is 0 Å². The Morgan fingerprint density at radius 2 is 2.00 bits per heavy atom. The van der Waals surface area contributed by atoms with E-state index in [0.29, 0.717) is 6.54 Å². The minimum Gasteiger partial charge on any atom is -0.316 e. The standard InChI is InChI=1S/C13H19F2N/c1-10(2)8-13(14,15)12-6-4-5-11(7-12)9-16-3/h4-7,10,16H,8-9H2,1-3H3. The lowest BCUT2D eigenvalue weighted by Gasteiger charge is -2.19. The van der Waals surface area contributed by atoms with Gasteiger partial charge in [-0.05, 0) is 24.6 Å². The largest absolute Gasteiger partial charge is 0.316 e. The zero-order chi connectivity index (χ0) is 12.2. The first-order valence-electron chi connectivity index (χ1n) is 5.57. The zero-order valence-electron chi connectivity index (χ0n) is 10.1. The van der Waals surface area contributed by atoms with E-state index < -0.39 is 5.92 Å². The number of benzene rings is 1. The molecule has 1 N–H and O–H groups in total. The molecule has 0 bridgehead atoms. The average molecular weight is 227 g/mol.